The third-order valence-electron chi connectivity index (χ3n) is 6.53. The zero-order valence-corrected chi connectivity index (χ0v) is 14.4. The predicted molar refractivity (Wildman–Crippen MR) is 88.6 cm³/mol. The molecule has 21 heavy (non-hydrogen) atoms. The largest absolute Gasteiger partial charge is 0.316 e. The first-order valence-electron chi connectivity index (χ1n) is 8.59. The Labute approximate surface area is 132 Å². The minimum Gasteiger partial charge on any atom is -0.316 e. The Hall–Kier alpha value is -0.410. The highest BCUT2D eigenvalue weighted by atomic mass is 32.1. The molecular weight excluding hydrogens is 276 g/mol. The summed E-state index contributed by atoms with van der Waals surface area (Å²) in [7, 11) is 2.17. The molecule has 3 unspecified atom stereocenters. The predicted octanol–water partition coefficient (Wildman–Crippen LogP) is 4.19. The molecule has 4 saturated carbocycles. The van der Waals surface area contributed by atoms with Crippen molar-refractivity contribution in [1.82, 2.24) is 10.3 Å². The summed E-state index contributed by atoms with van der Waals surface area (Å²) in [6.45, 7) is 4.68. The van der Waals surface area contributed by atoms with Gasteiger partial charge in [0.1, 0.15) is 0 Å². The highest BCUT2D eigenvalue weighted by Crippen LogP contribution is 2.66. The monoisotopic (exact) mass is 304 g/mol. The summed E-state index contributed by atoms with van der Waals surface area (Å²) in [5.41, 5.74) is 2.37. The maximum Gasteiger partial charge on any atom is 0.0943 e. The quantitative estimate of drug-likeness (QED) is 0.902. The van der Waals surface area contributed by atoms with E-state index in [0.29, 0.717) is 16.9 Å². The van der Waals surface area contributed by atoms with Gasteiger partial charge in [0.05, 0.1) is 5.01 Å². The summed E-state index contributed by atoms with van der Waals surface area (Å²) in [6, 6.07) is 0.619. The molecule has 0 aliphatic heterocycles. The van der Waals surface area contributed by atoms with Crippen LogP contribution in [0.2, 0.25) is 0 Å². The number of nitrogens with one attached hydrogen (secondary N) is 1. The Morgan fingerprint density at radius 3 is 2.57 bits per heavy atom. The van der Waals surface area contributed by atoms with Crippen molar-refractivity contribution in [2.24, 2.45) is 22.7 Å². The molecule has 4 fully saturated rings. The van der Waals surface area contributed by atoms with Crippen molar-refractivity contribution in [3.8, 4) is 0 Å². The van der Waals surface area contributed by atoms with Crippen LogP contribution in [-0.2, 0) is 6.42 Å². The average Bonchev–Trinajstić information content (AvgIpc) is 2.78. The lowest BCUT2D eigenvalue weighted by atomic mass is 9.43. The van der Waals surface area contributed by atoms with Gasteiger partial charge in [0.15, 0.2) is 0 Å². The van der Waals surface area contributed by atoms with E-state index in [1.165, 1.54) is 49.2 Å². The van der Waals surface area contributed by atoms with E-state index in [1.54, 1.807) is 0 Å². The lowest BCUT2D eigenvalue weighted by molar-refractivity contribution is -0.117. The van der Waals surface area contributed by atoms with Gasteiger partial charge in [-0.15, -0.1) is 11.3 Å². The molecule has 0 aromatic carbocycles. The zero-order chi connectivity index (χ0) is 14.7. The summed E-state index contributed by atoms with van der Waals surface area (Å²) in [4.78, 5) is 4.72. The Morgan fingerprint density at radius 1 is 1.33 bits per heavy atom. The second-order valence-corrected chi connectivity index (χ2v) is 9.50. The topological polar surface area (TPSA) is 24.9 Å². The first-order chi connectivity index (χ1) is 10.0. The van der Waals surface area contributed by atoms with E-state index in [1.807, 2.05) is 11.3 Å². The molecule has 116 valence electrons. The Morgan fingerprint density at radius 2 is 2.05 bits per heavy atom. The second kappa shape index (κ2) is 4.79. The van der Waals surface area contributed by atoms with Gasteiger partial charge in [-0.25, -0.2) is 4.98 Å². The van der Waals surface area contributed by atoms with Crippen LogP contribution in [0, 0.1) is 29.6 Å². The standard InChI is InChI=1S/C18H28N2S/c1-12-10-21-16(20-12)5-15(19-3)18-8-13-4-14(9-18)7-17(2,6-13)11-18/h10,13-15,19H,4-9,11H2,1-3H3. The number of likely N-dealkylation sites (N-methyl/N-ethyl adjacent to an activating group) is 1. The summed E-state index contributed by atoms with van der Waals surface area (Å²) in [6.07, 6.45) is 10.0. The van der Waals surface area contributed by atoms with Gasteiger partial charge in [0.2, 0.25) is 0 Å². The normalized spacial score (nSPS) is 42.4. The van der Waals surface area contributed by atoms with Crippen LogP contribution in [0.3, 0.4) is 0 Å². The number of hydrogen-bond donors (Lipinski definition) is 1. The molecule has 1 aromatic rings. The van der Waals surface area contributed by atoms with Crippen molar-refractivity contribution < 1.29 is 0 Å². The van der Waals surface area contributed by atoms with Gasteiger partial charge in [0, 0.05) is 23.5 Å². The van der Waals surface area contributed by atoms with Gasteiger partial charge in [-0.05, 0) is 75.2 Å². The zero-order valence-electron chi connectivity index (χ0n) is 13.6. The number of hydrogen-bond acceptors (Lipinski definition) is 3. The van der Waals surface area contributed by atoms with Gasteiger partial charge in [-0.1, -0.05) is 6.92 Å². The van der Waals surface area contributed by atoms with Crippen LogP contribution in [0.1, 0.15) is 56.2 Å². The van der Waals surface area contributed by atoms with Gasteiger partial charge in [-0.3, -0.25) is 0 Å². The molecule has 3 heteroatoms. The van der Waals surface area contributed by atoms with E-state index in [9.17, 15) is 0 Å². The van der Waals surface area contributed by atoms with Crippen LogP contribution in [0.5, 0.6) is 0 Å². The molecule has 1 heterocycles. The molecule has 0 radical (unpaired) electrons. The molecule has 4 aliphatic rings. The van der Waals surface area contributed by atoms with Crippen molar-refractivity contribution in [1.29, 1.82) is 0 Å². The molecule has 1 N–H and O–H groups in total. The van der Waals surface area contributed by atoms with Gasteiger partial charge in [0.25, 0.3) is 0 Å². The lowest BCUT2D eigenvalue weighted by Crippen LogP contribution is -2.58. The average molecular weight is 305 g/mol. The minimum absolute atomic E-state index is 0.549. The molecule has 0 saturated heterocycles. The highest BCUT2D eigenvalue weighted by molar-refractivity contribution is 7.09. The lowest BCUT2D eigenvalue weighted by Gasteiger charge is -2.63. The van der Waals surface area contributed by atoms with Crippen molar-refractivity contribution in [3.05, 3.63) is 16.1 Å². The maximum absolute atomic E-state index is 4.72. The Bertz CT molecular complexity index is 521. The molecular formula is C18H28N2S. The van der Waals surface area contributed by atoms with Gasteiger partial charge >= 0.3 is 0 Å². The van der Waals surface area contributed by atoms with Crippen LogP contribution < -0.4 is 5.32 Å². The van der Waals surface area contributed by atoms with Gasteiger partial charge in [-0.2, -0.15) is 0 Å². The van der Waals surface area contributed by atoms with E-state index in [-0.39, 0.29) is 0 Å². The highest BCUT2D eigenvalue weighted by Gasteiger charge is 2.58. The summed E-state index contributed by atoms with van der Waals surface area (Å²) < 4.78 is 0. The smallest absolute Gasteiger partial charge is 0.0943 e. The van der Waals surface area contributed by atoms with E-state index in [0.717, 1.165) is 18.3 Å². The molecule has 0 spiro atoms. The first kappa shape index (κ1) is 14.2. The fourth-order valence-electron chi connectivity index (χ4n) is 6.50. The van der Waals surface area contributed by atoms with Crippen molar-refractivity contribution in [3.63, 3.8) is 0 Å². The van der Waals surface area contributed by atoms with Crippen LogP contribution >= 0.6 is 11.3 Å². The number of aromatic nitrogens is 1. The van der Waals surface area contributed by atoms with Crippen LogP contribution in [0.25, 0.3) is 0 Å². The summed E-state index contributed by atoms with van der Waals surface area (Å²) >= 11 is 1.85. The molecule has 0 amide bonds. The fourth-order valence-corrected chi connectivity index (χ4v) is 7.32. The van der Waals surface area contributed by atoms with Crippen LogP contribution in [-0.4, -0.2) is 18.1 Å². The van der Waals surface area contributed by atoms with Crippen molar-refractivity contribution >= 4 is 11.3 Å². The van der Waals surface area contributed by atoms with Gasteiger partial charge < -0.3 is 5.32 Å². The molecule has 4 bridgehead atoms. The first-order valence-corrected chi connectivity index (χ1v) is 9.47. The van der Waals surface area contributed by atoms with E-state index in [2.05, 4.69) is 31.6 Å². The van der Waals surface area contributed by atoms with Crippen molar-refractivity contribution in [2.45, 2.75) is 64.8 Å². The number of rotatable bonds is 4. The third kappa shape index (κ3) is 2.37. The molecule has 4 aliphatic carbocycles. The molecule has 3 atom stereocenters. The molecule has 1 aromatic heterocycles. The summed E-state index contributed by atoms with van der Waals surface area (Å²) in [5.74, 6) is 2.01. The molecule has 2 nitrogen and oxygen atoms in total. The summed E-state index contributed by atoms with van der Waals surface area (Å²) in [5, 5.41) is 7.22. The third-order valence-corrected chi connectivity index (χ3v) is 7.52. The SMILES string of the molecule is CNC(Cc1nc(C)cs1)C12CC3CC(CC(C)(C3)C1)C2. The maximum atomic E-state index is 4.72. The van der Waals surface area contributed by atoms with Crippen LogP contribution in [0.4, 0.5) is 0 Å². The Kier molecular flexibility index (Phi) is 3.24. The number of thiazole rings is 1. The number of aryl methyl sites for hydroxylation is 1. The Balaban J connectivity index is 1.60. The van der Waals surface area contributed by atoms with Crippen LogP contribution in [0.15, 0.2) is 5.38 Å². The van der Waals surface area contributed by atoms with E-state index >= 15 is 0 Å². The molecule has 5 rings (SSSR count). The van der Waals surface area contributed by atoms with E-state index < -0.39 is 0 Å². The van der Waals surface area contributed by atoms with Crippen molar-refractivity contribution in [2.75, 3.05) is 7.05 Å². The second-order valence-electron chi connectivity index (χ2n) is 8.56. The minimum atomic E-state index is 0.549. The number of nitrogens with zero attached hydrogens (tertiary/aromatic N) is 1. The van der Waals surface area contributed by atoms with E-state index in [4.69, 9.17) is 4.98 Å². The fraction of sp³-hybridized carbons (Fsp3) is 0.833.